The van der Waals surface area contributed by atoms with Crippen LogP contribution in [0.2, 0.25) is 0 Å². The van der Waals surface area contributed by atoms with Gasteiger partial charge in [0.2, 0.25) is 0 Å². The number of carbonyl (C=O) groups excluding carboxylic acids is 3. The van der Waals surface area contributed by atoms with Crippen LogP contribution in [0.25, 0.3) is 0 Å². The molecule has 0 bridgehead atoms. The molecule has 4 rings (SSSR count). The number of hydrogen-bond acceptors (Lipinski definition) is 9. The maximum Gasteiger partial charge on any atom is 0.519 e. The van der Waals surface area contributed by atoms with Crippen LogP contribution >= 0.6 is 0 Å². The van der Waals surface area contributed by atoms with Crippen molar-refractivity contribution in [3.63, 3.8) is 0 Å². The van der Waals surface area contributed by atoms with Gasteiger partial charge in [0.25, 0.3) is 0 Å². The largest absolute Gasteiger partial charge is 0.519 e. The smallest absolute Gasteiger partial charge is 0.395 e. The molecule has 0 aliphatic heterocycles. The molecule has 0 saturated heterocycles. The lowest BCUT2D eigenvalue weighted by Crippen LogP contribution is -2.17. The van der Waals surface area contributed by atoms with E-state index in [2.05, 4.69) is 0 Å². The Morgan fingerprint density at radius 1 is 0.333 bits per heavy atom. The Morgan fingerprint density at radius 2 is 0.556 bits per heavy atom. The average Bonchev–Trinajstić information content (AvgIpc) is 2.85. The van der Waals surface area contributed by atoms with Crippen molar-refractivity contribution in [1.82, 2.24) is 0 Å². The lowest BCUT2D eigenvalue weighted by atomic mass is 10.3. The lowest BCUT2D eigenvalue weighted by molar-refractivity contribution is 0.148. The average molecular weight is 486 g/mol. The molecule has 9 heteroatoms. The van der Waals surface area contributed by atoms with E-state index in [0.717, 1.165) is 0 Å². The summed E-state index contributed by atoms with van der Waals surface area (Å²) in [6.45, 7) is 0. The molecule has 0 aliphatic carbocycles. The molecule has 0 aromatic heterocycles. The van der Waals surface area contributed by atoms with Gasteiger partial charge >= 0.3 is 18.5 Å². The molecule has 9 nitrogen and oxygen atoms in total. The van der Waals surface area contributed by atoms with Crippen molar-refractivity contribution in [3.05, 3.63) is 109 Å². The normalized spacial score (nSPS) is 10.0. The number of rotatable bonds is 6. The van der Waals surface area contributed by atoms with Gasteiger partial charge in [0.05, 0.1) is 0 Å². The van der Waals surface area contributed by atoms with Gasteiger partial charge in [-0.15, -0.1) is 0 Å². The molecular weight excluding hydrogens is 468 g/mol. The zero-order valence-corrected chi connectivity index (χ0v) is 18.6. The lowest BCUT2D eigenvalue weighted by Gasteiger charge is -2.11. The second kappa shape index (κ2) is 11.7. The first-order valence-corrected chi connectivity index (χ1v) is 10.5. The van der Waals surface area contributed by atoms with Crippen molar-refractivity contribution in [1.29, 1.82) is 0 Å². The highest BCUT2D eigenvalue weighted by Crippen LogP contribution is 2.29. The van der Waals surface area contributed by atoms with E-state index in [-0.39, 0.29) is 34.5 Å². The van der Waals surface area contributed by atoms with Gasteiger partial charge in [0.1, 0.15) is 34.5 Å². The molecule has 0 fully saturated rings. The second-order valence-corrected chi connectivity index (χ2v) is 6.94. The van der Waals surface area contributed by atoms with Gasteiger partial charge in [-0.25, -0.2) is 14.4 Å². The van der Waals surface area contributed by atoms with Crippen LogP contribution in [0.15, 0.2) is 109 Å². The summed E-state index contributed by atoms with van der Waals surface area (Å²) in [7, 11) is 0. The molecular formula is C27H18O9. The molecule has 0 saturated carbocycles. The second-order valence-electron chi connectivity index (χ2n) is 6.94. The summed E-state index contributed by atoms with van der Waals surface area (Å²) in [5.41, 5.74) is 0. The van der Waals surface area contributed by atoms with Gasteiger partial charge in [0.15, 0.2) is 0 Å². The van der Waals surface area contributed by atoms with Crippen LogP contribution < -0.4 is 28.4 Å². The Labute approximate surface area is 205 Å². The van der Waals surface area contributed by atoms with E-state index in [1.807, 2.05) is 0 Å². The van der Waals surface area contributed by atoms with Crippen molar-refractivity contribution in [2.24, 2.45) is 0 Å². The van der Waals surface area contributed by atoms with E-state index in [1.165, 1.54) is 18.2 Å². The molecule has 0 aliphatic rings. The fourth-order valence-corrected chi connectivity index (χ4v) is 2.83. The van der Waals surface area contributed by atoms with Gasteiger partial charge in [-0.05, 0) is 36.4 Å². The quantitative estimate of drug-likeness (QED) is 0.225. The molecule has 36 heavy (non-hydrogen) atoms. The van der Waals surface area contributed by atoms with Gasteiger partial charge in [0, 0.05) is 18.2 Å². The van der Waals surface area contributed by atoms with Crippen molar-refractivity contribution in [2.75, 3.05) is 0 Å². The molecule has 180 valence electrons. The van der Waals surface area contributed by atoms with Gasteiger partial charge in [-0.2, -0.15) is 0 Å². The van der Waals surface area contributed by atoms with Crippen LogP contribution in [-0.4, -0.2) is 18.5 Å². The minimum Gasteiger partial charge on any atom is -0.395 e. The molecule has 0 N–H and O–H groups in total. The third kappa shape index (κ3) is 7.35. The zero-order valence-electron chi connectivity index (χ0n) is 18.6. The molecule has 0 spiro atoms. The third-order valence-electron chi connectivity index (χ3n) is 4.29. The Kier molecular flexibility index (Phi) is 7.75. The summed E-state index contributed by atoms with van der Waals surface area (Å²) < 4.78 is 30.8. The van der Waals surface area contributed by atoms with Crippen LogP contribution in [0.1, 0.15) is 0 Å². The Morgan fingerprint density at radius 3 is 0.806 bits per heavy atom. The minimum atomic E-state index is -1.07. The zero-order chi connectivity index (χ0) is 25.2. The highest BCUT2D eigenvalue weighted by Gasteiger charge is 2.16. The molecule has 0 heterocycles. The predicted octanol–water partition coefficient (Wildman–Crippen LogP) is 6.42. The predicted molar refractivity (Wildman–Crippen MR) is 126 cm³/mol. The molecule has 0 radical (unpaired) electrons. The molecule has 4 aromatic rings. The van der Waals surface area contributed by atoms with Crippen LogP contribution in [0.3, 0.4) is 0 Å². The van der Waals surface area contributed by atoms with E-state index >= 15 is 0 Å². The number of hydrogen-bond donors (Lipinski definition) is 0. The first kappa shape index (κ1) is 23.8. The van der Waals surface area contributed by atoms with E-state index in [4.69, 9.17) is 28.4 Å². The standard InChI is InChI=1S/C27H18O9/c28-25(31-19-10-4-1-5-11-19)34-22-16-23(35-26(29)32-20-12-6-2-7-13-20)18-24(17-22)36-27(30)33-21-14-8-3-9-15-21/h1-18H. The fourth-order valence-electron chi connectivity index (χ4n) is 2.83. The van der Waals surface area contributed by atoms with Crippen molar-refractivity contribution >= 4 is 18.5 Å². The molecule has 4 aromatic carbocycles. The fraction of sp³-hybridized carbons (Fsp3) is 0. The van der Waals surface area contributed by atoms with Crippen molar-refractivity contribution < 1.29 is 42.8 Å². The Balaban J connectivity index is 1.49. The summed E-state index contributed by atoms with van der Waals surface area (Å²) in [4.78, 5) is 36.7. The molecule has 0 unspecified atom stereocenters. The molecule has 0 amide bonds. The van der Waals surface area contributed by atoms with Crippen LogP contribution in [0.5, 0.6) is 34.5 Å². The van der Waals surface area contributed by atoms with E-state index in [9.17, 15) is 14.4 Å². The first-order chi connectivity index (χ1) is 17.5. The molecule has 0 atom stereocenters. The summed E-state index contributed by atoms with van der Waals surface area (Å²) in [5.74, 6) is 0.355. The number of para-hydroxylation sites is 3. The van der Waals surface area contributed by atoms with E-state index < -0.39 is 18.5 Å². The van der Waals surface area contributed by atoms with Gasteiger partial charge < -0.3 is 28.4 Å². The third-order valence-corrected chi connectivity index (χ3v) is 4.29. The highest BCUT2D eigenvalue weighted by molar-refractivity contribution is 5.71. The monoisotopic (exact) mass is 486 g/mol. The van der Waals surface area contributed by atoms with Crippen LogP contribution in [0, 0.1) is 0 Å². The summed E-state index contributed by atoms with van der Waals surface area (Å²) in [5, 5.41) is 0. The SMILES string of the molecule is O=C(Oc1ccccc1)Oc1cc(OC(=O)Oc2ccccc2)cc(OC(=O)Oc2ccccc2)c1. The number of ether oxygens (including phenoxy) is 6. The van der Waals surface area contributed by atoms with Crippen molar-refractivity contribution in [3.8, 4) is 34.5 Å². The summed E-state index contributed by atoms with van der Waals surface area (Å²) in [6, 6.07) is 28.4. The Hall–Kier alpha value is -5.31. The Bertz CT molecular complexity index is 1150. The van der Waals surface area contributed by atoms with Gasteiger partial charge in [-0.3, -0.25) is 0 Å². The van der Waals surface area contributed by atoms with E-state index in [1.54, 1.807) is 91.0 Å². The van der Waals surface area contributed by atoms with Crippen LogP contribution in [-0.2, 0) is 0 Å². The van der Waals surface area contributed by atoms with Crippen LogP contribution in [0.4, 0.5) is 14.4 Å². The summed E-state index contributed by atoms with van der Waals surface area (Å²) >= 11 is 0. The topological polar surface area (TPSA) is 107 Å². The number of carbonyl (C=O) groups is 3. The highest BCUT2D eigenvalue weighted by atomic mass is 16.7. The van der Waals surface area contributed by atoms with E-state index in [0.29, 0.717) is 0 Å². The maximum absolute atomic E-state index is 12.2. The summed E-state index contributed by atoms with van der Waals surface area (Å²) in [6.07, 6.45) is -3.20. The van der Waals surface area contributed by atoms with Crippen molar-refractivity contribution in [2.45, 2.75) is 0 Å². The maximum atomic E-state index is 12.2. The number of benzene rings is 4. The first-order valence-electron chi connectivity index (χ1n) is 10.5. The minimum absolute atomic E-state index is 0.136. The van der Waals surface area contributed by atoms with Gasteiger partial charge in [-0.1, -0.05) is 54.6 Å².